The Labute approximate surface area is 177 Å². The quantitative estimate of drug-likeness (QED) is 0.477. The van der Waals surface area contributed by atoms with Gasteiger partial charge in [0.2, 0.25) is 10.0 Å². The zero-order chi connectivity index (χ0) is 20.0. The highest BCUT2D eigenvalue weighted by Gasteiger charge is 2.33. The van der Waals surface area contributed by atoms with Gasteiger partial charge in [-0.2, -0.15) is 9.41 Å². The molecule has 1 aliphatic carbocycles. The Morgan fingerprint density at radius 1 is 1.21 bits per heavy atom. The summed E-state index contributed by atoms with van der Waals surface area (Å²) >= 11 is 4.83. The lowest BCUT2D eigenvalue weighted by Crippen LogP contribution is -2.46. The zero-order valence-electron chi connectivity index (χ0n) is 15.3. The molecule has 1 aromatic carbocycles. The van der Waals surface area contributed by atoms with Crippen molar-refractivity contribution in [1.82, 2.24) is 9.73 Å². The number of hydrogen-bond acceptors (Lipinski definition) is 5. The molecule has 1 saturated carbocycles. The third-order valence-electron chi connectivity index (χ3n) is 4.63. The zero-order valence-corrected chi connectivity index (χ0v) is 18.5. The molecule has 1 N–H and O–H groups in total. The van der Waals surface area contributed by atoms with Gasteiger partial charge in [0.1, 0.15) is 0 Å². The first-order valence-corrected chi connectivity index (χ1v) is 12.2. The summed E-state index contributed by atoms with van der Waals surface area (Å²) in [6.07, 6.45) is 6.12. The van der Waals surface area contributed by atoms with Gasteiger partial charge in [-0.15, -0.1) is 11.3 Å². The first kappa shape index (κ1) is 21.2. The third-order valence-corrected chi connectivity index (χ3v) is 7.87. The molecular formula is C19H22BrN3O3S2. The van der Waals surface area contributed by atoms with Crippen LogP contribution in [-0.2, 0) is 14.8 Å². The lowest BCUT2D eigenvalue weighted by molar-refractivity contribution is -0.121. The van der Waals surface area contributed by atoms with Crippen LogP contribution in [0.5, 0.6) is 0 Å². The van der Waals surface area contributed by atoms with Gasteiger partial charge in [0.15, 0.2) is 0 Å². The average molecular weight is 484 g/mol. The number of carbonyl (C=O) groups is 1. The predicted molar refractivity (Wildman–Crippen MR) is 115 cm³/mol. The molecule has 9 heteroatoms. The normalized spacial score (nSPS) is 15.9. The summed E-state index contributed by atoms with van der Waals surface area (Å²) in [7, 11) is -3.78. The highest BCUT2D eigenvalue weighted by molar-refractivity contribution is 9.10. The number of halogens is 1. The summed E-state index contributed by atoms with van der Waals surface area (Å²) in [6, 6.07) is 10.1. The average Bonchev–Trinajstić information content (AvgIpc) is 3.20. The molecule has 2 aromatic rings. The molecule has 0 saturated heterocycles. The summed E-state index contributed by atoms with van der Waals surface area (Å²) in [4.78, 5) is 13.5. The van der Waals surface area contributed by atoms with E-state index in [9.17, 15) is 13.2 Å². The Morgan fingerprint density at radius 3 is 2.57 bits per heavy atom. The Morgan fingerprint density at radius 2 is 1.93 bits per heavy atom. The van der Waals surface area contributed by atoms with Gasteiger partial charge in [-0.05, 0) is 48.6 Å². The second kappa shape index (κ2) is 9.78. The van der Waals surface area contributed by atoms with Gasteiger partial charge >= 0.3 is 0 Å². The van der Waals surface area contributed by atoms with E-state index < -0.39 is 15.9 Å². The van der Waals surface area contributed by atoms with Crippen LogP contribution in [0.1, 0.15) is 37.0 Å². The summed E-state index contributed by atoms with van der Waals surface area (Å²) < 4.78 is 28.6. The Balaban J connectivity index is 1.76. The number of sulfonamides is 1. The van der Waals surface area contributed by atoms with E-state index in [1.807, 2.05) is 17.5 Å². The van der Waals surface area contributed by atoms with Gasteiger partial charge in [-0.25, -0.2) is 13.8 Å². The maximum atomic E-state index is 13.2. The molecule has 150 valence electrons. The summed E-state index contributed by atoms with van der Waals surface area (Å²) in [5.74, 6) is -0.445. The van der Waals surface area contributed by atoms with Gasteiger partial charge in [-0.3, -0.25) is 4.79 Å². The van der Waals surface area contributed by atoms with E-state index in [1.165, 1.54) is 15.6 Å². The molecule has 1 aromatic heterocycles. The molecule has 0 spiro atoms. The first-order chi connectivity index (χ1) is 13.5. The molecule has 0 bridgehead atoms. The summed E-state index contributed by atoms with van der Waals surface area (Å²) in [5.41, 5.74) is 2.45. The number of hydrogen-bond donors (Lipinski definition) is 1. The molecule has 3 rings (SSSR count). The molecular weight excluding hydrogens is 462 g/mol. The van der Waals surface area contributed by atoms with Gasteiger partial charge < -0.3 is 0 Å². The van der Waals surface area contributed by atoms with Gasteiger partial charge in [0, 0.05) is 15.4 Å². The standard InChI is InChI=1S/C19H22BrN3O3S2/c20-15-8-10-18(11-9-15)28(25,26)23(16-5-2-1-3-6-16)14-19(24)22-21-13-17-7-4-12-27-17/h4,7-13,16H,1-3,5-6,14H2,(H,22,24). The fraction of sp³-hybridized carbons (Fsp3) is 0.368. The molecule has 0 atom stereocenters. The third kappa shape index (κ3) is 5.50. The van der Waals surface area contributed by atoms with Crippen molar-refractivity contribution in [3.8, 4) is 0 Å². The summed E-state index contributed by atoms with van der Waals surface area (Å²) in [6.45, 7) is -0.245. The molecule has 1 fully saturated rings. The molecule has 1 heterocycles. The Kier molecular flexibility index (Phi) is 7.39. The number of carbonyl (C=O) groups excluding carboxylic acids is 1. The number of nitrogens with zero attached hydrogens (tertiary/aromatic N) is 2. The Hall–Kier alpha value is -1.55. The van der Waals surface area contributed by atoms with Crippen molar-refractivity contribution in [2.45, 2.75) is 43.0 Å². The van der Waals surface area contributed by atoms with Crippen molar-refractivity contribution < 1.29 is 13.2 Å². The van der Waals surface area contributed by atoms with E-state index in [4.69, 9.17) is 0 Å². The van der Waals surface area contributed by atoms with Crippen LogP contribution in [0.25, 0.3) is 0 Å². The fourth-order valence-corrected chi connectivity index (χ4v) is 5.72. The topological polar surface area (TPSA) is 78.8 Å². The van der Waals surface area contributed by atoms with Crippen LogP contribution in [0, 0.1) is 0 Å². The van der Waals surface area contributed by atoms with Gasteiger partial charge in [0.05, 0.1) is 17.7 Å². The van der Waals surface area contributed by atoms with Crippen molar-refractivity contribution in [2.24, 2.45) is 5.10 Å². The Bertz CT molecular complexity index is 906. The highest BCUT2D eigenvalue weighted by atomic mass is 79.9. The molecule has 0 aliphatic heterocycles. The largest absolute Gasteiger partial charge is 0.272 e. The van der Waals surface area contributed by atoms with Crippen molar-refractivity contribution in [3.05, 3.63) is 51.1 Å². The lowest BCUT2D eigenvalue weighted by Gasteiger charge is -2.32. The lowest BCUT2D eigenvalue weighted by atomic mass is 9.95. The summed E-state index contributed by atoms with van der Waals surface area (Å²) in [5, 5.41) is 5.85. The van der Waals surface area contributed by atoms with E-state index in [-0.39, 0.29) is 17.5 Å². The molecule has 6 nitrogen and oxygen atoms in total. The molecule has 0 unspecified atom stereocenters. The number of amides is 1. The maximum Gasteiger partial charge on any atom is 0.255 e. The minimum absolute atomic E-state index is 0.172. The van der Waals surface area contributed by atoms with Gasteiger partial charge in [-0.1, -0.05) is 41.3 Å². The monoisotopic (exact) mass is 483 g/mol. The minimum Gasteiger partial charge on any atom is -0.272 e. The smallest absolute Gasteiger partial charge is 0.255 e. The van der Waals surface area contributed by atoms with Crippen LogP contribution in [0.3, 0.4) is 0 Å². The van der Waals surface area contributed by atoms with Crippen molar-refractivity contribution in [1.29, 1.82) is 0 Å². The SMILES string of the molecule is O=C(CN(C1CCCCC1)S(=O)(=O)c1ccc(Br)cc1)NN=Cc1cccs1. The fourth-order valence-electron chi connectivity index (χ4n) is 3.23. The van der Waals surface area contributed by atoms with Crippen molar-refractivity contribution in [2.75, 3.05) is 6.54 Å². The second-order valence-corrected chi connectivity index (χ2v) is 10.4. The first-order valence-electron chi connectivity index (χ1n) is 9.09. The molecule has 28 heavy (non-hydrogen) atoms. The number of benzene rings is 1. The number of thiophene rings is 1. The van der Waals surface area contributed by atoms with Crippen LogP contribution >= 0.6 is 27.3 Å². The van der Waals surface area contributed by atoms with Crippen LogP contribution < -0.4 is 5.43 Å². The van der Waals surface area contributed by atoms with Crippen LogP contribution in [-0.4, -0.2) is 37.4 Å². The van der Waals surface area contributed by atoms with Crippen molar-refractivity contribution in [3.63, 3.8) is 0 Å². The number of hydrazone groups is 1. The minimum atomic E-state index is -3.78. The maximum absolute atomic E-state index is 13.2. The van der Waals surface area contributed by atoms with Gasteiger partial charge in [0.25, 0.3) is 5.91 Å². The highest BCUT2D eigenvalue weighted by Crippen LogP contribution is 2.28. The van der Waals surface area contributed by atoms with E-state index >= 15 is 0 Å². The van der Waals surface area contributed by atoms with Crippen LogP contribution in [0.4, 0.5) is 0 Å². The predicted octanol–water partition coefficient (Wildman–Crippen LogP) is 3.98. The van der Waals surface area contributed by atoms with Crippen LogP contribution in [0.15, 0.2) is 56.2 Å². The molecule has 0 radical (unpaired) electrons. The number of nitrogens with one attached hydrogen (secondary N) is 1. The molecule has 1 aliphatic rings. The number of rotatable bonds is 7. The van der Waals surface area contributed by atoms with E-state index in [0.29, 0.717) is 0 Å². The molecule has 1 amide bonds. The van der Waals surface area contributed by atoms with E-state index in [0.717, 1.165) is 41.5 Å². The van der Waals surface area contributed by atoms with E-state index in [1.54, 1.807) is 30.5 Å². The van der Waals surface area contributed by atoms with Crippen LogP contribution in [0.2, 0.25) is 0 Å². The second-order valence-electron chi connectivity index (χ2n) is 6.60. The van der Waals surface area contributed by atoms with Crippen molar-refractivity contribution >= 4 is 49.4 Å². The van der Waals surface area contributed by atoms with E-state index in [2.05, 4.69) is 26.5 Å².